The van der Waals surface area contributed by atoms with Crippen LogP contribution in [0.5, 0.6) is 0 Å². The number of anilines is 1. The minimum absolute atomic E-state index is 0.0966. The molecule has 0 amide bonds. The summed E-state index contributed by atoms with van der Waals surface area (Å²) in [4.78, 5) is 13.6. The normalized spacial score (nSPS) is 18.9. The highest BCUT2D eigenvalue weighted by Crippen LogP contribution is 2.23. The van der Waals surface area contributed by atoms with E-state index in [9.17, 15) is 4.79 Å². The molecule has 3 nitrogen and oxygen atoms in total. The van der Waals surface area contributed by atoms with Gasteiger partial charge in [0.05, 0.1) is 12.4 Å². The van der Waals surface area contributed by atoms with Gasteiger partial charge < -0.3 is 9.64 Å². The molecule has 0 saturated carbocycles. The van der Waals surface area contributed by atoms with E-state index in [1.165, 1.54) is 17.4 Å². The first-order valence-electron chi connectivity index (χ1n) is 6.24. The lowest BCUT2D eigenvalue weighted by atomic mass is 10.1. The molecule has 0 unspecified atom stereocenters. The van der Waals surface area contributed by atoms with Crippen LogP contribution in [0.25, 0.3) is 0 Å². The van der Waals surface area contributed by atoms with Crippen molar-refractivity contribution < 1.29 is 9.53 Å². The molecule has 98 valence electrons. The van der Waals surface area contributed by atoms with Crippen molar-refractivity contribution in [1.82, 2.24) is 0 Å². The zero-order valence-electron chi connectivity index (χ0n) is 10.7. The van der Waals surface area contributed by atoms with Crippen molar-refractivity contribution in [1.29, 1.82) is 0 Å². The molecule has 0 radical (unpaired) electrons. The van der Waals surface area contributed by atoms with Crippen molar-refractivity contribution in [2.24, 2.45) is 5.92 Å². The Kier molecular flexibility index (Phi) is 4.93. The molecule has 0 N–H and O–H groups in total. The Morgan fingerprint density at radius 2 is 2.22 bits per heavy atom. The van der Waals surface area contributed by atoms with Crippen molar-refractivity contribution in [3.05, 3.63) is 30.3 Å². The van der Waals surface area contributed by atoms with Gasteiger partial charge >= 0.3 is 5.97 Å². The molecule has 1 saturated heterocycles. The molecule has 18 heavy (non-hydrogen) atoms. The number of nitrogens with zero attached hydrogens (tertiary/aromatic N) is 1. The molecule has 0 spiro atoms. The summed E-state index contributed by atoms with van der Waals surface area (Å²) in [6.45, 7) is 2.59. The molecule has 1 aromatic carbocycles. The van der Waals surface area contributed by atoms with E-state index in [1.807, 2.05) is 12.3 Å². The van der Waals surface area contributed by atoms with Gasteiger partial charge in [-0.25, -0.2) is 0 Å². The molecule has 0 bridgehead atoms. The molecular formula is C14H19NO2S. The van der Waals surface area contributed by atoms with Gasteiger partial charge in [0.15, 0.2) is 0 Å². The van der Waals surface area contributed by atoms with Crippen LogP contribution in [0, 0.1) is 5.92 Å². The van der Waals surface area contributed by atoms with Gasteiger partial charge in [-0.15, -0.1) is 0 Å². The van der Waals surface area contributed by atoms with Gasteiger partial charge in [0.2, 0.25) is 0 Å². The van der Waals surface area contributed by atoms with Crippen LogP contribution in [0.4, 0.5) is 5.69 Å². The highest BCUT2D eigenvalue weighted by molar-refractivity contribution is 7.99. The molecule has 1 aliphatic rings. The minimum Gasteiger partial charge on any atom is -0.465 e. The smallest absolute Gasteiger partial charge is 0.315 e. The van der Waals surface area contributed by atoms with Crippen LogP contribution in [0.15, 0.2) is 30.3 Å². The first kappa shape index (κ1) is 13.3. The molecular weight excluding hydrogens is 246 g/mol. The average molecular weight is 265 g/mol. The van der Waals surface area contributed by atoms with E-state index in [0.717, 1.165) is 19.5 Å². The Bertz CT molecular complexity index is 383. The summed E-state index contributed by atoms with van der Waals surface area (Å²) in [6, 6.07) is 10.4. The number of carbonyl (C=O) groups is 1. The van der Waals surface area contributed by atoms with Crippen molar-refractivity contribution in [3.63, 3.8) is 0 Å². The van der Waals surface area contributed by atoms with Gasteiger partial charge in [0, 0.05) is 24.7 Å². The third kappa shape index (κ3) is 3.67. The summed E-state index contributed by atoms with van der Waals surface area (Å²) >= 11 is 1.50. The lowest BCUT2D eigenvalue weighted by Crippen LogP contribution is -2.22. The first-order valence-corrected chi connectivity index (χ1v) is 7.63. The fourth-order valence-corrected chi connectivity index (χ4v) is 2.53. The SMILES string of the molecule is CSCC(=O)OC[C@H]1CCN(c2ccccc2)C1. The van der Waals surface area contributed by atoms with Crippen LogP contribution in [0.3, 0.4) is 0 Å². The molecule has 2 rings (SSSR count). The van der Waals surface area contributed by atoms with Crippen molar-refractivity contribution in [2.75, 3.05) is 36.6 Å². The zero-order valence-corrected chi connectivity index (χ0v) is 11.5. The fourth-order valence-electron chi connectivity index (χ4n) is 2.21. The van der Waals surface area contributed by atoms with Crippen LogP contribution in [-0.4, -0.2) is 37.7 Å². The summed E-state index contributed by atoms with van der Waals surface area (Å²) in [5.41, 5.74) is 1.26. The van der Waals surface area contributed by atoms with E-state index < -0.39 is 0 Å². The van der Waals surface area contributed by atoms with Crippen LogP contribution in [0.1, 0.15) is 6.42 Å². The quantitative estimate of drug-likeness (QED) is 0.765. The van der Waals surface area contributed by atoms with Crippen LogP contribution in [-0.2, 0) is 9.53 Å². The van der Waals surface area contributed by atoms with Gasteiger partial charge in [-0.2, -0.15) is 11.8 Å². The third-order valence-corrected chi connectivity index (χ3v) is 3.67. The lowest BCUT2D eigenvalue weighted by Gasteiger charge is -2.18. The Hall–Kier alpha value is -1.16. The number of thioether (sulfide) groups is 1. The second-order valence-electron chi connectivity index (χ2n) is 4.55. The van der Waals surface area contributed by atoms with Crippen LogP contribution < -0.4 is 4.90 Å². The maximum Gasteiger partial charge on any atom is 0.315 e. The molecule has 1 fully saturated rings. The molecule has 4 heteroatoms. The Labute approximate surface area is 113 Å². The highest BCUT2D eigenvalue weighted by atomic mass is 32.2. The van der Waals surface area contributed by atoms with E-state index in [0.29, 0.717) is 18.3 Å². The number of hydrogen-bond acceptors (Lipinski definition) is 4. The van der Waals surface area contributed by atoms with Gasteiger partial charge in [-0.1, -0.05) is 18.2 Å². The van der Waals surface area contributed by atoms with Gasteiger partial charge in [0.25, 0.3) is 0 Å². The van der Waals surface area contributed by atoms with Gasteiger partial charge in [-0.3, -0.25) is 4.79 Å². The van der Waals surface area contributed by atoms with Crippen molar-refractivity contribution >= 4 is 23.4 Å². The van der Waals surface area contributed by atoms with Gasteiger partial charge in [-0.05, 0) is 24.8 Å². The summed E-state index contributed by atoms with van der Waals surface area (Å²) in [5.74, 6) is 0.825. The molecule has 0 aromatic heterocycles. The topological polar surface area (TPSA) is 29.5 Å². The molecule has 1 aromatic rings. The van der Waals surface area contributed by atoms with E-state index >= 15 is 0 Å². The predicted octanol–water partition coefficient (Wildman–Crippen LogP) is 2.42. The minimum atomic E-state index is -0.0966. The maximum atomic E-state index is 11.3. The van der Waals surface area contributed by atoms with E-state index in [1.54, 1.807) is 0 Å². The Balaban J connectivity index is 1.77. The Morgan fingerprint density at radius 3 is 2.94 bits per heavy atom. The van der Waals surface area contributed by atoms with E-state index in [4.69, 9.17) is 4.74 Å². The largest absolute Gasteiger partial charge is 0.465 e. The Morgan fingerprint density at radius 1 is 1.44 bits per heavy atom. The zero-order chi connectivity index (χ0) is 12.8. The summed E-state index contributed by atoms with van der Waals surface area (Å²) < 4.78 is 5.26. The van der Waals surface area contributed by atoms with Crippen LogP contribution >= 0.6 is 11.8 Å². The number of carbonyl (C=O) groups excluding carboxylic acids is 1. The monoisotopic (exact) mass is 265 g/mol. The van der Waals surface area contributed by atoms with Crippen LogP contribution in [0.2, 0.25) is 0 Å². The van der Waals surface area contributed by atoms with Gasteiger partial charge in [0.1, 0.15) is 0 Å². The van der Waals surface area contributed by atoms with Crippen molar-refractivity contribution in [2.45, 2.75) is 6.42 Å². The number of benzene rings is 1. The molecule has 1 aliphatic heterocycles. The molecule has 1 heterocycles. The predicted molar refractivity (Wildman–Crippen MR) is 76.1 cm³/mol. The summed E-state index contributed by atoms with van der Waals surface area (Å²) in [6.07, 6.45) is 3.01. The summed E-state index contributed by atoms with van der Waals surface area (Å²) in [5, 5.41) is 0. The number of ether oxygens (including phenoxy) is 1. The summed E-state index contributed by atoms with van der Waals surface area (Å²) in [7, 11) is 0. The number of para-hydroxylation sites is 1. The van der Waals surface area contributed by atoms with E-state index in [-0.39, 0.29) is 5.97 Å². The lowest BCUT2D eigenvalue weighted by molar-refractivity contribution is -0.141. The highest BCUT2D eigenvalue weighted by Gasteiger charge is 2.23. The van der Waals surface area contributed by atoms with Crippen molar-refractivity contribution in [3.8, 4) is 0 Å². The van der Waals surface area contributed by atoms with E-state index in [2.05, 4.69) is 29.2 Å². The fraction of sp³-hybridized carbons (Fsp3) is 0.500. The second-order valence-corrected chi connectivity index (χ2v) is 5.42. The number of esters is 1. The first-order chi connectivity index (χ1) is 8.79. The second kappa shape index (κ2) is 6.69. The number of rotatable bonds is 5. The molecule has 1 atom stereocenters. The average Bonchev–Trinajstić information content (AvgIpc) is 2.87. The standard InChI is InChI=1S/C14H19NO2S/c1-18-11-14(16)17-10-12-7-8-15(9-12)13-5-3-2-4-6-13/h2-6,12H,7-11H2,1H3/t12-/m0/s1. The maximum absolute atomic E-state index is 11.3. The number of hydrogen-bond donors (Lipinski definition) is 0. The third-order valence-electron chi connectivity index (χ3n) is 3.15. The molecule has 0 aliphatic carbocycles.